The maximum Gasteiger partial charge on any atom is 0.356 e. The second-order valence-corrected chi connectivity index (χ2v) is 7.03. The van der Waals surface area contributed by atoms with Crippen LogP contribution in [0.3, 0.4) is 0 Å². The monoisotopic (exact) mass is 399 g/mol. The number of carbonyl (C=O) groups is 1. The summed E-state index contributed by atoms with van der Waals surface area (Å²) in [4.78, 5) is 16.4. The first-order valence-corrected chi connectivity index (χ1v) is 9.55. The van der Waals surface area contributed by atoms with Crippen LogP contribution in [0.1, 0.15) is 21.6 Å². The van der Waals surface area contributed by atoms with Crippen molar-refractivity contribution in [3.05, 3.63) is 89.6 Å². The average molecular weight is 399 g/mol. The van der Waals surface area contributed by atoms with Crippen molar-refractivity contribution < 1.29 is 19.4 Å². The van der Waals surface area contributed by atoms with Crippen LogP contribution in [0.15, 0.2) is 72.8 Å². The Kier molecular flexibility index (Phi) is 5.35. The number of carbonyl (C=O) groups excluding carboxylic acids is 1. The number of benzene rings is 3. The number of methoxy groups -OCH3 is 1. The van der Waals surface area contributed by atoms with E-state index in [4.69, 9.17) is 9.47 Å². The molecule has 0 spiro atoms. The number of aryl methyl sites for hydroxylation is 1. The van der Waals surface area contributed by atoms with E-state index >= 15 is 0 Å². The van der Waals surface area contributed by atoms with Gasteiger partial charge in [-0.05, 0) is 35.7 Å². The Balaban J connectivity index is 1.87. The second kappa shape index (κ2) is 8.25. The fourth-order valence-corrected chi connectivity index (χ4v) is 3.32. The van der Waals surface area contributed by atoms with E-state index in [9.17, 15) is 9.90 Å². The summed E-state index contributed by atoms with van der Waals surface area (Å²) in [6.07, 6.45) is 0. The van der Waals surface area contributed by atoms with Gasteiger partial charge in [0.25, 0.3) is 0 Å². The number of aromatic nitrogens is 1. The van der Waals surface area contributed by atoms with Crippen LogP contribution in [-0.2, 0) is 11.3 Å². The summed E-state index contributed by atoms with van der Waals surface area (Å²) in [5.41, 5.74) is 4.44. The van der Waals surface area contributed by atoms with E-state index in [0.717, 1.165) is 22.3 Å². The minimum Gasteiger partial charge on any atom is -0.507 e. The Hall–Kier alpha value is -3.86. The standard InChI is InChI=1S/C25H21NO4/c1-16-7-6-10-18(11-16)19-12-20-22(27)14-21(25(28)29-2)26-24(20)23(13-19)30-15-17-8-4-3-5-9-17/h3-14H,15H2,1-2H3,(H,26,27). The summed E-state index contributed by atoms with van der Waals surface area (Å²) in [5, 5.41) is 11.1. The first-order chi connectivity index (χ1) is 14.5. The Morgan fingerprint density at radius 1 is 0.967 bits per heavy atom. The summed E-state index contributed by atoms with van der Waals surface area (Å²) in [6, 6.07) is 22.9. The molecule has 1 aromatic heterocycles. The SMILES string of the molecule is COC(=O)c1cc(O)c2cc(-c3cccc(C)c3)cc(OCc3ccccc3)c2n1. The third kappa shape index (κ3) is 3.96. The first kappa shape index (κ1) is 19.5. The highest BCUT2D eigenvalue weighted by atomic mass is 16.5. The molecule has 0 saturated heterocycles. The molecule has 5 heteroatoms. The molecular formula is C25H21NO4. The zero-order valence-electron chi connectivity index (χ0n) is 16.8. The number of hydrogen-bond acceptors (Lipinski definition) is 5. The highest BCUT2D eigenvalue weighted by Crippen LogP contribution is 2.36. The Bertz CT molecular complexity index is 1220. The highest BCUT2D eigenvalue weighted by molar-refractivity contribution is 5.98. The smallest absolute Gasteiger partial charge is 0.356 e. The molecule has 1 heterocycles. The molecule has 0 unspecified atom stereocenters. The molecule has 0 saturated carbocycles. The lowest BCUT2D eigenvalue weighted by Gasteiger charge is -2.14. The molecular weight excluding hydrogens is 378 g/mol. The molecule has 0 aliphatic carbocycles. The molecule has 30 heavy (non-hydrogen) atoms. The van der Waals surface area contributed by atoms with Gasteiger partial charge in [-0.1, -0.05) is 60.2 Å². The van der Waals surface area contributed by atoms with Gasteiger partial charge in [-0.2, -0.15) is 0 Å². The lowest BCUT2D eigenvalue weighted by Crippen LogP contribution is -2.05. The molecule has 3 aromatic carbocycles. The van der Waals surface area contributed by atoms with Gasteiger partial charge in [0.1, 0.15) is 23.6 Å². The van der Waals surface area contributed by atoms with Crippen molar-refractivity contribution in [2.75, 3.05) is 7.11 Å². The Morgan fingerprint density at radius 2 is 1.77 bits per heavy atom. The largest absolute Gasteiger partial charge is 0.507 e. The number of hydrogen-bond donors (Lipinski definition) is 1. The molecule has 0 aliphatic rings. The van der Waals surface area contributed by atoms with E-state index in [-0.39, 0.29) is 11.4 Å². The van der Waals surface area contributed by atoms with Gasteiger partial charge in [0.15, 0.2) is 5.69 Å². The van der Waals surface area contributed by atoms with Crippen LogP contribution in [-0.4, -0.2) is 23.2 Å². The third-order valence-electron chi connectivity index (χ3n) is 4.84. The molecule has 0 atom stereocenters. The molecule has 4 aromatic rings. The zero-order valence-corrected chi connectivity index (χ0v) is 16.8. The lowest BCUT2D eigenvalue weighted by atomic mass is 10.0. The van der Waals surface area contributed by atoms with Crippen LogP contribution >= 0.6 is 0 Å². The van der Waals surface area contributed by atoms with Crippen LogP contribution in [0, 0.1) is 6.92 Å². The molecule has 1 N–H and O–H groups in total. The van der Waals surface area contributed by atoms with Crippen LogP contribution in [0.5, 0.6) is 11.5 Å². The van der Waals surface area contributed by atoms with Crippen molar-refractivity contribution in [1.29, 1.82) is 0 Å². The number of fused-ring (bicyclic) bond motifs is 1. The van der Waals surface area contributed by atoms with Crippen LogP contribution in [0.4, 0.5) is 0 Å². The number of pyridine rings is 1. The molecule has 150 valence electrons. The van der Waals surface area contributed by atoms with Gasteiger partial charge in [0.2, 0.25) is 0 Å². The van der Waals surface area contributed by atoms with Crippen molar-refractivity contribution in [1.82, 2.24) is 4.98 Å². The molecule has 0 fully saturated rings. The van der Waals surface area contributed by atoms with E-state index in [0.29, 0.717) is 23.3 Å². The lowest BCUT2D eigenvalue weighted by molar-refractivity contribution is 0.0594. The number of aromatic hydroxyl groups is 1. The van der Waals surface area contributed by atoms with Crippen molar-refractivity contribution in [3.63, 3.8) is 0 Å². The fraction of sp³-hybridized carbons (Fsp3) is 0.120. The molecule has 0 aliphatic heterocycles. The Morgan fingerprint density at radius 3 is 2.50 bits per heavy atom. The molecule has 0 bridgehead atoms. The van der Waals surface area contributed by atoms with E-state index in [2.05, 4.69) is 11.1 Å². The molecule has 0 amide bonds. The zero-order chi connectivity index (χ0) is 21.1. The predicted molar refractivity (Wildman–Crippen MR) is 116 cm³/mol. The summed E-state index contributed by atoms with van der Waals surface area (Å²) >= 11 is 0. The highest BCUT2D eigenvalue weighted by Gasteiger charge is 2.17. The normalized spacial score (nSPS) is 10.7. The number of nitrogens with zero attached hydrogens (tertiary/aromatic N) is 1. The summed E-state index contributed by atoms with van der Waals surface area (Å²) < 4.78 is 10.9. The molecule has 4 rings (SSSR count). The molecule has 0 radical (unpaired) electrons. The number of esters is 1. The van der Waals surface area contributed by atoms with E-state index in [1.165, 1.54) is 13.2 Å². The average Bonchev–Trinajstić information content (AvgIpc) is 2.77. The third-order valence-corrected chi connectivity index (χ3v) is 4.84. The minimum absolute atomic E-state index is 0.0235. The van der Waals surface area contributed by atoms with Crippen molar-refractivity contribution >= 4 is 16.9 Å². The van der Waals surface area contributed by atoms with E-state index < -0.39 is 5.97 Å². The van der Waals surface area contributed by atoms with Crippen LogP contribution in [0.2, 0.25) is 0 Å². The maximum absolute atomic E-state index is 12.0. The fourth-order valence-electron chi connectivity index (χ4n) is 3.32. The summed E-state index contributed by atoms with van der Waals surface area (Å²) in [7, 11) is 1.28. The van der Waals surface area contributed by atoms with Gasteiger partial charge in [0.05, 0.1) is 7.11 Å². The van der Waals surface area contributed by atoms with E-state index in [1.54, 1.807) is 0 Å². The van der Waals surface area contributed by atoms with Crippen LogP contribution < -0.4 is 4.74 Å². The number of rotatable bonds is 5. The van der Waals surface area contributed by atoms with Gasteiger partial charge in [0, 0.05) is 11.5 Å². The Labute approximate surface area is 174 Å². The molecule has 5 nitrogen and oxygen atoms in total. The second-order valence-electron chi connectivity index (χ2n) is 7.03. The summed E-state index contributed by atoms with van der Waals surface area (Å²) in [6.45, 7) is 2.36. The maximum atomic E-state index is 12.0. The minimum atomic E-state index is -0.621. The van der Waals surface area contributed by atoms with Gasteiger partial charge < -0.3 is 14.6 Å². The van der Waals surface area contributed by atoms with Gasteiger partial charge in [-0.25, -0.2) is 9.78 Å². The van der Waals surface area contributed by atoms with Gasteiger partial charge in [-0.3, -0.25) is 0 Å². The first-order valence-electron chi connectivity index (χ1n) is 9.55. The van der Waals surface area contributed by atoms with Gasteiger partial charge >= 0.3 is 5.97 Å². The van der Waals surface area contributed by atoms with Crippen molar-refractivity contribution in [3.8, 4) is 22.6 Å². The van der Waals surface area contributed by atoms with Gasteiger partial charge in [-0.15, -0.1) is 0 Å². The quantitative estimate of drug-likeness (QED) is 0.462. The van der Waals surface area contributed by atoms with Crippen molar-refractivity contribution in [2.45, 2.75) is 13.5 Å². The summed E-state index contributed by atoms with van der Waals surface area (Å²) in [5.74, 6) is -0.197. The predicted octanol–water partition coefficient (Wildman–Crippen LogP) is 5.28. The number of ether oxygens (including phenoxy) is 2. The van der Waals surface area contributed by atoms with E-state index in [1.807, 2.05) is 67.6 Å². The topological polar surface area (TPSA) is 68.7 Å². The van der Waals surface area contributed by atoms with Crippen molar-refractivity contribution in [2.24, 2.45) is 0 Å². The van der Waals surface area contributed by atoms with Crippen LogP contribution in [0.25, 0.3) is 22.0 Å².